The van der Waals surface area contributed by atoms with E-state index in [1.54, 1.807) is 12.1 Å². The van der Waals surface area contributed by atoms with E-state index in [4.69, 9.17) is 4.42 Å². The summed E-state index contributed by atoms with van der Waals surface area (Å²) in [7, 11) is -3.96. The quantitative estimate of drug-likeness (QED) is 0.697. The maximum Gasteiger partial charge on any atom is 0.279 e. The van der Waals surface area contributed by atoms with Crippen molar-refractivity contribution in [2.75, 3.05) is 6.54 Å². The van der Waals surface area contributed by atoms with Gasteiger partial charge >= 0.3 is 0 Å². The van der Waals surface area contributed by atoms with Gasteiger partial charge in [0.05, 0.1) is 0 Å². The lowest BCUT2D eigenvalue weighted by atomic mass is 10.0. The molecule has 0 bridgehead atoms. The molecule has 1 aliphatic heterocycles. The van der Waals surface area contributed by atoms with E-state index < -0.39 is 10.0 Å². The number of nitriles is 1. The number of nitrogens with zero attached hydrogens (tertiary/aromatic N) is 3. The van der Waals surface area contributed by atoms with Crippen molar-refractivity contribution in [1.82, 2.24) is 9.29 Å². The zero-order valence-electron chi connectivity index (χ0n) is 14.7. The van der Waals surface area contributed by atoms with E-state index in [0.717, 1.165) is 16.7 Å². The average Bonchev–Trinajstić information content (AvgIpc) is 3.13. The molecule has 0 atom stereocenters. The van der Waals surface area contributed by atoms with Crippen molar-refractivity contribution >= 4 is 10.0 Å². The van der Waals surface area contributed by atoms with Gasteiger partial charge in [-0.3, -0.25) is 0 Å². The summed E-state index contributed by atoms with van der Waals surface area (Å²) < 4.78 is 33.2. The monoisotopic (exact) mass is 379 g/mol. The third-order valence-electron chi connectivity index (χ3n) is 4.67. The molecule has 6 nitrogen and oxygen atoms in total. The molecule has 0 unspecified atom stereocenters. The number of hydrogen-bond donors (Lipinski definition) is 0. The molecule has 2 aromatic carbocycles. The molecule has 7 heteroatoms. The second kappa shape index (κ2) is 6.65. The van der Waals surface area contributed by atoms with Crippen LogP contribution in [0, 0.1) is 18.3 Å². The van der Waals surface area contributed by atoms with Crippen LogP contribution in [0.15, 0.2) is 58.0 Å². The standard InChI is InChI=1S/C20H17N3O3S/c1-14-6-8-16(9-7-14)19-22-18(12-21)20(26-19)27(24,25)23-11-10-15-4-2-3-5-17(15)13-23/h2-9H,10-11,13H2,1H3. The highest BCUT2D eigenvalue weighted by Gasteiger charge is 2.34. The van der Waals surface area contributed by atoms with Crippen LogP contribution in [-0.4, -0.2) is 24.3 Å². The smallest absolute Gasteiger partial charge is 0.279 e. The predicted octanol–water partition coefficient (Wildman–Crippen LogP) is 3.27. The van der Waals surface area contributed by atoms with Gasteiger partial charge in [-0.05, 0) is 36.6 Å². The van der Waals surface area contributed by atoms with E-state index in [1.807, 2.05) is 49.4 Å². The van der Waals surface area contributed by atoms with E-state index in [2.05, 4.69) is 4.98 Å². The van der Waals surface area contributed by atoms with Crippen molar-refractivity contribution in [3.05, 3.63) is 70.9 Å². The van der Waals surface area contributed by atoms with E-state index >= 15 is 0 Å². The molecule has 0 amide bonds. The Morgan fingerprint density at radius 3 is 2.52 bits per heavy atom. The Morgan fingerprint density at radius 1 is 1.11 bits per heavy atom. The zero-order chi connectivity index (χ0) is 19.0. The molecule has 0 saturated heterocycles. The minimum Gasteiger partial charge on any atom is -0.422 e. The number of benzene rings is 2. The van der Waals surface area contributed by atoms with Crippen molar-refractivity contribution in [3.8, 4) is 17.5 Å². The Hall–Kier alpha value is -2.95. The van der Waals surface area contributed by atoms with Gasteiger partial charge in [0.2, 0.25) is 5.89 Å². The van der Waals surface area contributed by atoms with Crippen LogP contribution in [0.2, 0.25) is 0 Å². The summed E-state index contributed by atoms with van der Waals surface area (Å²) >= 11 is 0. The molecular formula is C20H17N3O3S. The number of fused-ring (bicyclic) bond motifs is 1. The normalized spacial score (nSPS) is 14.5. The van der Waals surface area contributed by atoms with Crippen LogP contribution in [0.4, 0.5) is 0 Å². The van der Waals surface area contributed by atoms with Gasteiger partial charge in [0.1, 0.15) is 6.07 Å². The summed E-state index contributed by atoms with van der Waals surface area (Å²) in [5.41, 5.74) is 3.57. The Bertz CT molecular complexity index is 1140. The Balaban J connectivity index is 1.72. The van der Waals surface area contributed by atoms with E-state index in [1.165, 1.54) is 4.31 Å². The van der Waals surface area contributed by atoms with Gasteiger partial charge in [-0.25, -0.2) is 8.42 Å². The van der Waals surface area contributed by atoms with Crippen LogP contribution in [-0.2, 0) is 23.0 Å². The summed E-state index contributed by atoms with van der Waals surface area (Å²) in [6, 6.07) is 16.9. The molecule has 0 saturated carbocycles. The van der Waals surface area contributed by atoms with E-state index in [9.17, 15) is 13.7 Å². The lowest BCUT2D eigenvalue weighted by Crippen LogP contribution is -2.36. The highest BCUT2D eigenvalue weighted by Crippen LogP contribution is 2.30. The predicted molar refractivity (Wildman–Crippen MR) is 99.1 cm³/mol. The van der Waals surface area contributed by atoms with Crippen molar-refractivity contribution in [2.24, 2.45) is 0 Å². The van der Waals surface area contributed by atoms with Crippen LogP contribution >= 0.6 is 0 Å². The number of hydrogen-bond acceptors (Lipinski definition) is 5. The maximum atomic E-state index is 13.1. The SMILES string of the molecule is Cc1ccc(-c2nc(C#N)c(S(=O)(=O)N3CCc4ccccc4C3)o2)cc1. The van der Waals surface area contributed by atoms with Crippen molar-refractivity contribution < 1.29 is 12.8 Å². The summed E-state index contributed by atoms with van der Waals surface area (Å²) in [6.45, 7) is 2.54. The van der Waals surface area contributed by atoms with Gasteiger partial charge in [-0.2, -0.15) is 14.6 Å². The van der Waals surface area contributed by atoms with Crippen LogP contribution in [0.5, 0.6) is 0 Å². The highest BCUT2D eigenvalue weighted by molar-refractivity contribution is 7.89. The topological polar surface area (TPSA) is 87.2 Å². The molecule has 0 spiro atoms. The van der Waals surface area contributed by atoms with Crippen LogP contribution in [0.1, 0.15) is 22.4 Å². The lowest BCUT2D eigenvalue weighted by Gasteiger charge is -2.27. The van der Waals surface area contributed by atoms with E-state index in [-0.39, 0.29) is 23.2 Å². The molecule has 4 rings (SSSR count). The van der Waals surface area contributed by atoms with Gasteiger partial charge in [0.15, 0.2) is 5.69 Å². The molecule has 27 heavy (non-hydrogen) atoms. The minimum atomic E-state index is -3.96. The van der Waals surface area contributed by atoms with Gasteiger partial charge in [-0.1, -0.05) is 42.0 Å². The molecule has 0 fully saturated rings. The number of oxazole rings is 1. The third kappa shape index (κ3) is 3.14. The number of aromatic nitrogens is 1. The Morgan fingerprint density at radius 2 is 1.81 bits per heavy atom. The summed E-state index contributed by atoms with van der Waals surface area (Å²) in [5, 5.41) is 9.00. The van der Waals surface area contributed by atoms with Crippen LogP contribution < -0.4 is 0 Å². The fraction of sp³-hybridized carbons (Fsp3) is 0.200. The second-order valence-electron chi connectivity index (χ2n) is 6.49. The van der Waals surface area contributed by atoms with Gasteiger partial charge in [0.25, 0.3) is 15.1 Å². The van der Waals surface area contributed by atoms with Gasteiger partial charge in [0, 0.05) is 18.7 Å². The molecule has 0 N–H and O–H groups in total. The van der Waals surface area contributed by atoms with E-state index in [0.29, 0.717) is 18.5 Å². The molecule has 136 valence electrons. The van der Waals surface area contributed by atoms with Crippen molar-refractivity contribution in [2.45, 2.75) is 25.0 Å². The fourth-order valence-electron chi connectivity index (χ4n) is 3.16. The highest BCUT2D eigenvalue weighted by atomic mass is 32.2. The third-order valence-corrected chi connectivity index (χ3v) is 6.41. The fourth-order valence-corrected chi connectivity index (χ4v) is 4.56. The average molecular weight is 379 g/mol. The lowest BCUT2D eigenvalue weighted by molar-refractivity contribution is 0.366. The molecule has 1 aliphatic rings. The first-order valence-corrected chi connectivity index (χ1v) is 9.98. The minimum absolute atomic E-state index is 0.127. The van der Waals surface area contributed by atoms with Crippen molar-refractivity contribution in [3.63, 3.8) is 0 Å². The van der Waals surface area contributed by atoms with Gasteiger partial charge in [-0.15, -0.1) is 0 Å². The first-order chi connectivity index (χ1) is 13.0. The molecular weight excluding hydrogens is 362 g/mol. The Labute approximate surface area is 157 Å². The Kier molecular flexibility index (Phi) is 4.30. The first kappa shape index (κ1) is 17.5. The van der Waals surface area contributed by atoms with Gasteiger partial charge < -0.3 is 4.42 Å². The summed E-state index contributed by atoms with van der Waals surface area (Å²) in [6.07, 6.45) is 0.621. The van der Waals surface area contributed by atoms with Crippen LogP contribution in [0.25, 0.3) is 11.5 Å². The van der Waals surface area contributed by atoms with Crippen molar-refractivity contribution in [1.29, 1.82) is 5.26 Å². The maximum absolute atomic E-state index is 13.1. The summed E-state index contributed by atoms with van der Waals surface area (Å²) in [5.74, 6) is 0.127. The molecule has 0 radical (unpaired) electrons. The summed E-state index contributed by atoms with van der Waals surface area (Å²) in [4.78, 5) is 4.10. The molecule has 3 aromatic rings. The number of rotatable bonds is 3. The zero-order valence-corrected chi connectivity index (χ0v) is 15.5. The molecule has 0 aliphatic carbocycles. The molecule has 2 heterocycles. The van der Waals surface area contributed by atoms with Crippen LogP contribution in [0.3, 0.4) is 0 Å². The molecule has 1 aromatic heterocycles. The number of sulfonamides is 1. The largest absolute Gasteiger partial charge is 0.422 e. The first-order valence-electron chi connectivity index (χ1n) is 8.54. The number of aryl methyl sites for hydroxylation is 1. The second-order valence-corrected chi connectivity index (χ2v) is 8.33.